The number of hydrogen-bond acceptors (Lipinski definition) is 3. The average molecular weight is 276 g/mol. The van der Waals surface area contributed by atoms with Gasteiger partial charge in [-0.3, -0.25) is 0 Å². The summed E-state index contributed by atoms with van der Waals surface area (Å²) >= 11 is 0. The lowest BCUT2D eigenvalue weighted by molar-refractivity contribution is 0.346. The molecular formula is C16H21FN2O. The van der Waals surface area contributed by atoms with Crippen molar-refractivity contribution in [3.63, 3.8) is 0 Å². The van der Waals surface area contributed by atoms with Gasteiger partial charge in [0.05, 0.1) is 5.56 Å². The molecule has 1 heterocycles. The van der Waals surface area contributed by atoms with Crippen molar-refractivity contribution in [1.82, 2.24) is 5.16 Å². The quantitative estimate of drug-likeness (QED) is 0.828. The van der Waals surface area contributed by atoms with Crippen LogP contribution < -0.4 is 5.73 Å². The van der Waals surface area contributed by atoms with Crippen LogP contribution in [-0.2, 0) is 0 Å². The average Bonchev–Trinajstić information content (AvgIpc) is 2.81. The smallest absolute Gasteiger partial charge is 0.175 e. The fourth-order valence-corrected chi connectivity index (χ4v) is 2.63. The molecule has 4 heteroatoms. The van der Waals surface area contributed by atoms with Crippen molar-refractivity contribution in [3.8, 4) is 11.1 Å². The van der Waals surface area contributed by atoms with E-state index in [1.807, 2.05) is 0 Å². The topological polar surface area (TPSA) is 52.0 Å². The lowest BCUT2D eigenvalue weighted by atomic mass is 9.90. The van der Waals surface area contributed by atoms with Gasteiger partial charge >= 0.3 is 0 Å². The molecule has 0 aliphatic rings. The first-order valence-corrected chi connectivity index (χ1v) is 7.18. The van der Waals surface area contributed by atoms with Gasteiger partial charge < -0.3 is 10.3 Å². The van der Waals surface area contributed by atoms with Gasteiger partial charge in [-0.2, -0.15) is 0 Å². The van der Waals surface area contributed by atoms with Gasteiger partial charge in [0.1, 0.15) is 11.6 Å². The Morgan fingerprint density at radius 2 is 1.85 bits per heavy atom. The third-order valence-electron chi connectivity index (χ3n) is 3.53. The van der Waals surface area contributed by atoms with Crippen LogP contribution in [0.5, 0.6) is 0 Å². The second kappa shape index (κ2) is 6.55. The molecule has 1 aromatic heterocycles. The molecule has 0 amide bonds. The molecule has 1 aromatic carbocycles. The predicted molar refractivity (Wildman–Crippen MR) is 78.9 cm³/mol. The molecule has 0 saturated carbocycles. The maximum absolute atomic E-state index is 14.0. The Morgan fingerprint density at radius 1 is 1.20 bits per heavy atom. The molecule has 0 spiro atoms. The zero-order valence-electron chi connectivity index (χ0n) is 12.0. The van der Waals surface area contributed by atoms with E-state index in [0.717, 1.165) is 31.4 Å². The van der Waals surface area contributed by atoms with E-state index >= 15 is 0 Å². The highest BCUT2D eigenvalue weighted by Crippen LogP contribution is 2.38. The number of nitrogen functional groups attached to an aromatic ring is 1. The van der Waals surface area contributed by atoms with E-state index < -0.39 is 0 Å². The van der Waals surface area contributed by atoms with Crippen LogP contribution in [0.4, 0.5) is 10.2 Å². The lowest BCUT2D eigenvalue weighted by Crippen LogP contribution is -2.00. The molecule has 0 fully saturated rings. The first kappa shape index (κ1) is 14.6. The van der Waals surface area contributed by atoms with Crippen LogP contribution in [0.25, 0.3) is 11.1 Å². The van der Waals surface area contributed by atoms with E-state index in [-0.39, 0.29) is 17.6 Å². The van der Waals surface area contributed by atoms with Gasteiger partial charge in [0.25, 0.3) is 0 Å². The van der Waals surface area contributed by atoms with Gasteiger partial charge in [0, 0.05) is 11.5 Å². The van der Waals surface area contributed by atoms with Crippen LogP contribution in [0.15, 0.2) is 28.8 Å². The monoisotopic (exact) mass is 276 g/mol. The second-order valence-electron chi connectivity index (χ2n) is 5.06. The molecule has 0 unspecified atom stereocenters. The molecule has 0 aliphatic carbocycles. The van der Waals surface area contributed by atoms with Crippen molar-refractivity contribution in [2.75, 3.05) is 5.73 Å². The highest BCUT2D eigenvalue weighted by atomic mass is 19.1. The van der Waals surface area contributed by atoms with Crippen LogP contribution >= 0.6 is 0 Å². The summed E-state index contributed by atoms with van der Waals surface area (Å²) in [6.07, 6.45) is 4.07. The van der Waals surface area contributed by atoms with Gasteiger partial charge in [0.2, 0.25) is 0 Å². The Labute approximate surface area is 119 Å². The Bertz CT molecular complexity index is 559. The van der Waals surface area contributed by atoms with Crippen molar-refractivity contribution in [2.45, 2.75) is 45.4 Å². The van der Waals surface area contributed by atoms with E-state index in [2.05, 4.69) is 19.0 Å². The zero-order chi connectivity index (χ0) is 14.5. The number of nitrogens with two attached hydrogens (primary N) is 1. The minimum atomic E-state index is -0.296. The first-order valence-electron chi connectivity index (χ1n) is 7.18. The van der Waals surface area contributed by atoms with Crippen molar-refractivity contribution in [1.29, 1.82) is 0 Å². The third kappa shape index (κ3) is 2.84. The molecular weight excluding hydrogens is 255 g/mol. The van der Waals surface area contributed by atoms with Gasteiger partial charge in [-0.25, -0.2) is 4.39 Å². The van der Waals surface area contributed by atoms with E-state index in [0.29, 0.717) is 11.1 Å². The van der Waals surface area contributed by atoms with Gasteiger partial charge in [-0.05, 0) is 18.9 Å². The summed E-state index contributed by atoms with van der Waals surface area (Å²) in [4.78, 5) is 0. The van der Waals surface area contributed by atoms with Crippen LogP contribution in [0.1, 0.15) is 51.2 Å². The number of aromatic nitrogens is 1. The summed E-state index contributed by atoms with van der Waals surface area (Å²) in [5.74, 6) is 0.929. The highest BCUT2D eigenvalue weighted by Gasteiger charge is 2.24. The Kier molecular flexibility index (Phi) is 4.77. The number of anilines is 1. The minimum Gasteiger partial charge on any atom is -0.380 e. The Morgan fingerprint density at radius 3 is 2.45 bits per heavy atom. The number of rotatable bonds is 6. The van der Waals surface area contributed by atoms with Gasteiger partial charge in [0.15, 0.2) is 5.82 Å². The van der Waals surface area contributed by atoms with Gasteiger partial charge in [-0.1, -0.05) is 50.0 Å². The van der Waals surface area contributed by atoms with Crippen molar-refractivity contribution in [3.05, 3.63) is 35.8 Å². The summed E-state index contributed by atoms with van der Waals surface area (Å²) in [6, 6.07) is 6.61. The molecule has 0 radical (unpaired) electrons. The summed E-state index contributed by atoms with van der Waals surface area (Å²) in [5.41, 5.74) is 6.99. The summed E-state index contributed by atoms with van der Waals surface area (Å²) < 4.78 is 19.5. The molecule has 0 atom stereocenters. The maximum Gasteiger partial charge on any atom is 0.175 e. The number of hydrogen-bond donors (Lipinski definition) is 1. The number of nitrogens with zero attached hydrogens (tertiary/aromatic N) is 1. The molecule has 2 rings (SSSR count). The van der Waals surface area contributed by atoms with E-state index in [4.69, 9.17) is 10.3 Å². The molecule has 0 saturated heterocycles. The van der Waals surface area contributed by atoms with Crippen molar-refractivity contribution in [2.24, 2.45) is 0 Å². The molecule has 20 heavy (non-hydrogen) atoms. The van der Waals surface area contributed by atoms with Crippen LogP contribution in [0.3, 0.4) is 0 Å². The number of benzene rings is 1. The fourth-order valence-electron chi connectivity index (χ4n) is 2.63. The standard InChI is InChI=1S/C16H21FN2O/c1-3-7-11(8-4-2)15-14(16(18)19-20-15)12-9-5-6-10-13(12)17/h5-6,9-11H,3-4,7-8H2,1-2H3,(H2,18,19). The summed E-state index contributed by atoms with van der Waals surface area (Å²) in [5, 5.41) is 3.86. The highest BCUT2D eigenvalue weighted by molar-refractivity contribution is 5.76. The van der Waals surface area contributed by atoms with E-state index in [1.54, 1.807) is 18.2 Å². The normalized spacial score (nSPS) is 11.2. The molecule has 108 valence electrons. The first-order chi connectivity index (χ1) is 9.69. The maximum atomic E-state index is 14.0. The van der Waals surface area contributed by atoms with E-state index in [9.17, 15) is 4.39 Å². The molecule has 0 aliphatic heterocycles. The minimum absolute atomic E-state index is 0.240. The summed E-state index contributed by atoms with van der Waals surface area (Å²) in [7, 11) is 0. The van der Waals surface area contributed by atoms with Crippen LogP contribution in [0, 0.1) is 5.82 Å². The van der Waals surface area contributed by atoms with Crippen LogP contribution in [0.2, 0.25) is 0 Å². The second-order valence-corrected chi connectivity index (χ2v) is 5.06. The lowest BCUT2D eigenvalue weighted by Gasteiger charge is -2.14. The fraction of sp³-hybridized carbons (Fsp3) is 0.438. The summed E-state index contributed by atoms with van der Waals surface area (Å²) in [6.45, 7) is 4.26. The van der Waals surface area contributed by atoms with E-state index in [1.165, 1.54) is 6.07 Å². The van der Waals surface area contributed by atoms with Crippen molar-refractivity contribution < 1.29 is 8.91 Å². The third-order valence-corrected chi connectivity index (χ3v) is 3.53. The van der Waals surface area contributed by atoms with Crippen molar-refractivity contribution >= 4 is 5.82 Å². The largest absolute Gasteiger partial charge is 0.380 e. The van der Waals surface area contributed by atoms with Gasteiger partial charge in [-0.15, -0.1) is 0 Å². The SMILES string of the molecule is CCCC(CCC)c1onc(N)c1-c1ccccc1F. The molecule has 2 N–H and O–H groups in total. The Balaban J connectivity index is 2.48. The molecule has 0 bridgehead atoms. The Hall–Kier alpha value is -1.84. The predicted octanol–water partition coefficient (Wildman–Crippen LogP) is 4.75. The van der Waals surface area contributed by atoms with Crippen LogP contribution in [-0.4, -0.2) is 5.16 Å². The number of halogens is 1. The molecule has 2 aromatic rings. The molecule has 3 nitrogen and oxygen atoms in total. The zero-order valence-corrected chi connectivity index (χ0v) is 12.0.